The highest BCUT2D eigenvalue weighted by Gasteiger charge is 2.24. The molecule has 2 atom stereocenters. The lowest BCUT2D eigenvalue weighted by molar-refractivity contribution is 0.0793. The van der Waals surface area contributed by atoms with Crippen molar-refractivity contribution >= 4 is 32.6 Å². The third-order valence-electron chi connectivity index (χ3n) is 7.19. The zero-order chi connectivity index (χ0) is 25.2. The largest absolute Gasteiger partial charge is 0.457 e. The van der Waals surface area contributed by atoms with Gasteiger partial charge in [-0.15, -0.1) is 0 Å². The second-order valence-corrected chi connectivity index (χ2v) is 10.8. The van der Waals surface area contributed by atoms with Gasteiger partial charge in [-0.25, -0.2) is 4.98 Å². The van der Waals surface area contributed by atoms with E-state index in [2.05, 4.69) is 10.3 Å². The fourth-order valence-electron chi connectivity index (χ4n) is 5.12. The van der Waals surface area contributed by atoms with Crippen LogP contribution in [-0.4, -0.2) is 51.1 Å². The molecule has 0 spiro atoms. The third kappa shape index (κ3) is 5.31. The molecule has 1 saturated heterocycles. The van der Waals surface area contributed by atoms with Crippen LogP contribution in [0, 0.1) is 0 Å². The average molecular weight is 515 g/mol. The minimum Gasteiger partial charge on any atom is -0.457 e. The highest BCUT2D eigenvalue weighted by atomic mass is 32.1. The first-order chi connectivity index (χ1) is 18.1. The highest BCUT2D eigenvalue weighted by Crippen LogP contribution is 2.33. The predicted molar refractivity (Wildman–Crippen MR) is 146 cm³/mol. The smallest absolute Gasteiger partial charge is 0.253 e. The molecule has 4 aromatic rings. The Hall–Kier alpha value is -3.49. The Balaban J connectivity index is 1.15. The summed E-state index contributed by atoms with van der Waals surface area (Å²) in [7, 11) is 0. The Labute approximate surface area is 220 Å². The normalized spacial score (nSPS) is 19.8. The Morgan fingerprint density at radius 2 is 1.76 bits per heavy atom. The van der Waals surface area contributed by atoms with E-state index in [1.54, 1.807) is 17.5 Å². The van der Waals surface area contributed by atoms with Crippen LogP contribution in [0.1, 0.15) is 48.9 Å². The van der Waals surface area contributed by atoms with Crippen LogP contribution in [0.2, 0.25) is 0 Å². The van der Waals surface area contributed by atoms with Crippen LogP contribution >= 0.6 is 11.3 Å². The summed E-state index contributed by atoms with van der Waals surface area (Å²) in [6, 6.07) is 17.3. The van der Waals surface area contributed by atoms with Crippen molar-refractivity contribution in [2.24, 2.45) is 0 Å². The van der Waals surface area contributed by atoms with Gasteiger partial charge < -0.3 is 20.1 Å². The first-order valence-corrected chi connectivity index (χ1v) is 13.8. The zero-order valence-electron chi connectivity index (χ0n) is 20.6. The predicted octanol–water partition coefficient (Wildman–Crippen LogP) is 6.10. The molecule has 6 rings (SSSR count). The minimum atomic E-state index is -0.317. The van der Waals surface area contributed by atoms with Crippen molar-refractivity contribution < 1.29 is 14.6 Å². The molecule has 2 aromatic carbocycles. The van der Waals surface area contributed by atoms with Gasteiger partial charge >= 0.3 is 0 Å². The van der Waals surface area contributed by atoms with Gasteiger partial charge in [0.1, 0.15) is 11.5 Å². The maximum absolute atomic E-state index is 12.6. The number of pyridine rings is 1. The van der Waals surface area contributed by atoms with Gasteiger partial charge in [-0.2, -0.15) is 0 Å². The van der Waals surface area contributed by atoms with E-state index in [0.717, 1.165) is 84.0 Å². The van der Waals surface area contributed by atoms with Gasteiger partial charge in [-0.1, -0.05) is 36.3 Å². The molecule has 7 nitrogen and oxygen atoms in total. The molecule has 8 heteroatoms. The number of hydrogen-bond acceptors (Lipinski definition) is 7. The number of fused-ring (bicyclic) bond motifs is 1. The number of aliphatic hydroxyl groups is 1. The van der Waals surface area contributed by atoms with E-state index in [9.17, 15) is 9.90 Å². The maximum Gasteiger partial charge on any atom is 0.253 e. The molecule has 0 bridgehead atoms. The molecular weight excluding hydrogens is 484 g/mol. The molecule has 2 aromatic heterocycles. The summed E-state index contributed by atoms with van der Waals surface area (Å²) in [5, 5.41) is 14.5. The van der Waals surface area contributed by atoms with Crippen LogP contribution in [0.15, 0.2) is 60.8 Å². The van der Waals surface area contributed by atoms with Crippen molar-refractivity contribution in [3.05, 3.63) is 66.4 Å². The van der Waals surface area contributed by atoms with E-state index >= 15 is 0 Å². The lowest BCUT2D eigenvalue weighted by Crippen LogP contribution is -2.36. The molecule has 37 heavy (non-hydrogen) atoms. The summed E-state index contributed by atoms with van der Waals surface area (Å²) < 4.78 is 7.20. The lowest BCUT2D eigenvalue weighted by Gasteiger charge is -2.27. The van der Waals surface area contributed by atoms with Crippen molar-refractivity contribution in [2.75, 3.05) is 18.4 Å². The van der Waals surface area contributed by atoms with Gasteiger partial charge in [-0.05, 0) is 56.0 Å². The van der Waals surface area contributed by atoms with E-state index in [-0.39, 0.29) is 18.1 Å². The number of anilines is 1. The summed E-state index contributed by atoms with van der Waals surface area (Å²) in [4.78, 5) is 23.7. The number of carbonyl (C=O) groups is 1. The number of aliphatic hydroxyl groups excluding tert-OH is 1. The number of rotatable bonds is 6. The summed E-state index contributed by atoms with van der Waals surface area (Å²) >= 11 is 1.57. The molecular formula is C29H30N4O3S. The molecule has 2 N–H and O–H groups in total. The third-order valence-corrected chi connectivity index (χ3v) is 8.14. The van der Waals surface area contributed by atoms with Crippen molar-refractivity contribution in [2.45, 2.75) is 50.7 Å². The van der Waals surface area contributed by atoms with E-state index in [1.165, 1.54) is 0 Å². The Bertz CT molecular complexity index is 1400. The Kier molecular flexibility index (Phi) is 6.76. The molecule has 1 saturated carbocycles. The summed E-state index contributed by atoms with van der Waals surface area (Å²) in [6.07, 6.45) is 7.60. The number of nitrogens with one attached hydrogen (secondary N) is 1. The van der Waals surface area contributed by atoms with Crippen LogP contribution in [0.25, 0.3) is 21.5 Å². The van der Waals surface area contributed by atoms with Crippen LogP contribution < -0.4 is 10.1 Å². The molecule has 2 fully saturated rings. The number of amides is 1. The fraction of sp³-hybridized carbons (Fsp3) is 0.345. The minimum absolute atomic E-state index is 0.0627. The summed E-state index contributed by atoms with van der Waals surface area (Å²) in [6.45, 7) is 1.69. The lowest BCUT2D eigenvalue weighted by atomic mass is 9.93. The SMILES string of the molecule is O=C(c1ccc(-c2cc(Oc3ccc4nc(N[C@@H]5CCCC[C@H]5O)sc4c3)ccn2)cc1)N1CCCC1. The number of carbonyl (C=O) groups excluding carboxylic acids is 1. The Morgan fingerprint density at radius 1 is 0.973 bits per heavy atom. The first-order valence-electron chi connectivity index (χ1n) is 13.0. The number of likely N-dealkylation sites (tertiary alicyclic amines) is 1. The molecule has 3 heterocycles. The zero-order valence-corrected chi connectivity index (χ0v) is 21.4. The summed E-state index contributed by atoms with van der Waals surface area (Å²) in [5.74, 6) is 1.51. The van der Waals surface area contributed by atoms with E-state index < -0.39 is 0 Å². The fourth-order valence-corrected chi connectivity index (χ4v) is 6.08. The van der Waals surface area contributed by atoms with Gasteiger partial charge in [0.15, 0.2) is 5.13 Å². The molecule has 2 aliphatic rings. The number of ether oxygens (including phenoxy) is 1. The Morgan fingerprint density at radius 3 is 2.57 bits per heavy atom. The number of benzene rings is 2. The van der Waals surface area contributed by atoms with Gasteiger partial charge in [-0.3, -0.25) is 9.78 Å². The monoisotopic (exact) mass is 514 g/mol. The maximum atomic E-state index is 12.6. The first kappa shape index (κ1) is 23.9. The van der Waals surface area contributed by atoms with Crippen LogP contribution in [0.5, 0.6) is 11.5 Å². The second kappa shape index (κ2) is 10.5. The van der Waals surface area contributed by atoms with E-state index in [0.29, 0.717) is 11.3 Å². The van der Waals surface area contributed by atoms with Crippen molar-refractivity contribution in [1.82, 2.24) is 14.9 Å². The van der Waals surface area contributed by atoms with Crippen LogP contribution in [0.4, 0.5) is 5.13 Å². The number of thiazole rings is 1. The van der Waals surface area contributed by atoms with Crippen LogP contribution in [0.3, 0.4) is 0 Å². The standard InChI is InChI=1S/C29H30N4O3S/c34-26-6-2-1-5-23(26)31-29-32-24-12-11-21(18-27(24)37-29)36-22-13-14-30-25(17-22)19-7-9-20(10-8-19)28(35)33-15-3-4-16-33/h7-14,17-18,23,26,34H,1-6,15-16H2,(H,31,32)/t23-,26-/m1/s1. The average Bonchev–Trinajstić information content (AvgIpc) is 3.60. The van der Waals surface area contributed by atoms with Crippen LogP contribution in [-0.2, 0) is 0 Å². The van der Waals surface area contributed by atoms with Gasteiger partial charge in [0, 0.05) is 42.5 Å². The van der Waals surface area contributed by atoms with Gasteiger partial charge in [0.2, 0.25) is 0 Å². The van der Waals surface area contributed by atoms with Crippen molar-refractivity contribution in [3.8, 4) is 22.8 Å². The molecule has 1 aliphatic heterocycles. The summed E-state index contributed by atoms with van der Waals surface area (Å²) in [5.41, 5.74) is 3.34. The van der Waals surface area contributed by atoms with Crippen molar-refractivity contribution in [3.63, 3.8) is 0 Å². The number of nitrogens with zero attached hydrogens (tertiary/aromatic N) is 3. The molecule has 0 unspecified atom stereocenters. The van der Waals surface area contributed by atoms with Crippen molar-refractivity contribution in [1.29, 1.82) is 0 Å². The molecule has 190 valence electrons. The van der Waals surface area contributed by atoms with E-state index in [4.69, 9.17) is 9.72 Å². The van der Waals surface area contributed by atoms with Gasteiger partial charge in [0.05, 0.1) is 28.1 Å². The number of hydrogen-bond donors (Lipinski definition) is 2. The van der Waals surface area contributed by atoms with E-state index in [1.807, 2.05) is 59.5 Å². The highest BCUT2D eigenvalue weighted by molar-refractivity contribution is 7.22. The second-order valence-electron chi connectivity index (χ2n) is 9.81. The quantitative estimate of drug-likeness (QED) is 0.323. The molecule has 1 aliphatic carbocycles. The molecule has 1 amide bonds. The number of aromatic nitrogens is 2. The molecule has 0 radical (unpaired) electrons. The topological polar surface area (TPSA) is 87.6 Å². The van der Waals surface area contributed by atoms with Gasteiger partial charge in [0.25, 0.3) is 5.91 Å².